The molecule has 0 aliphatic heterocycles. The van der Waals surface area contributed by atoms with Gasteiger partial charge >= 0.3 is 21.7 Å². The fourth-order valence-corrected chi connectivity index (χ4v) is 2.53. The maximum Gasteiger partial charge on any atom is 3.00 e. The topological polar surface area (TPSA) is 14.1 Å². The molecule has 0 unspecified atom stereocenters. The van der Waals surface area contributed by atoms with Gasteiger partial charge < -0.3 is 30.1 Å². The molecule has 1 aromatic carbocycles. The third-order valence-electron chi connectivity index (χ3n) is 3.95. The smallest absolute Gasteiger partial charge is 1.00 e. The van der Waals surface area contributed by atoms with Crippen molar-refractivity contribution in [3.05, 3.63) is 57.9 Å². The number of hydrogen-bond donors (Lipinski definition) is 0. The summed E-state index contributed by atoms with van der Waals surface area (Å²) in [5.74, 6) is 0. The van der Waals surface area contributed by atoms with Crippen LogP contribution in [0, 0.1) is 0 Å². The minimum Gasteiger partial charge on any atom is -1.00 e. The SMILES string of the molecule is CCCC[N-]Cc1ccccc1C1=C(C)C(C)=CC1.[Cl-].[Cl-].[Ti+3]. The van der Waals surface area contributed by atoms with E-state index in [-0.39, 0.29) is 46.5 Å². The van der Waals surface area contributed by atoms with Crippen LogP contribution in [0.1, 0.15) is 51.2 Å². The first-order valence-corrected chi connectivity index (χ1v) is 7.32. The molecule has 119 valence electrons. The van der Waals surface area contributed by atoms with Gasteiger partial charge in [0.05, 0.1) is 0 Å². The molecule has 0 aromatic heterocycles. The van der Waals surface area contributed by atoms with Gasteiger partial charge in [-0.15, -0.1) is 13.1 Å². The van der Waals surface area contributed by atoms with Crippen molar-refractivity contribution < 1.29 is 46.5 Å². The van der Waals surface area contributed by atoms with E-state index in [1.807, 2.05) is 0 Å². The molecule has 0 amide bonds. The van der Waals surface area contributed by atoms with Crippen molar-refractivity contribution in [1.29, 1.82) is 0 Å². The maximum atomic E-state index is 4.67. The van der Waals surface area contributed by atoms with Crippen LogP contribution in [0.5, 0.6) is 0 Å². The second-order valence-electron chi connectivity index (χ2n) is 5.31. The van der Waals surface area contributed by atoms with Crippen molar-refractivity contribution in [2.45, 2.75) is 46.6 Å². The quantitative estimate of drug-likeness (QED) is 0.471. The third kappa shape index (κ3) is 6.22. The van der Waals surface area contributed by atoms with Crippen molar-refractivity contribution in [2.24, 2.45) is 0 Å². The molecule has 0 saturated carbocycles. The number of benzene rings is 1. The Morgan fingerprint density at radius 1 is 1.09 bits per heavy atom. The van der Waals surface area contributed by atoms with Crippen molar-refractivity contribution >= 4 is 5.57 Å². The van der Waals surface area contributed by atoms with Crippen LogP contribution in [0.4, 0.5) is 0 Å². The summed E-state index contributed by atoms with van der Waals surface area (Å²) < 4.78 is 0. The van der Waals surface area contributed by atoms with Crippen LogP contribution >= 0.6 is 0 Å². The van der Waals surface area contributed by atoms with Gasteiger partial charge in [0.2, 0.25) is 0 Å². The van der Waals surface area contributed by atoms with E-state index in [1.54, 1.807) is 0 Å². The summed E-state index contributed by atoms with van der Waals surface area (Å²) >= 11 is 0. The normalized spacial score (nSPS) is 13.0. The van der Waals surface area contributed by atoms with E-state index in [0.717, 1.165) is 19.5 Å². The second-order valence-corrected chi connectivity index (χ2v) is 5.31. The predicted molar refractivity (Wildman–Crippen MR) is 84.2 cm³/mol. The summed E-state index contributed by atoms with van der Waals surface area (Å²) in [6, 6.07) is 8.73. The van der Waals surface area contributed by atoms with Crippen LogP contribution in [0.15, 0.2) is 41.5 Å². The van der Waals surface area contributed by atoms with Gasteiger partial charge in [-0.2, -0.15) is 0 Å². The van der Waals surface area contributed by atoms with Crippen LogP contribution in [0.25, 0.3) is 10.9 Å². The largest absolute Gasteiger partial charge is 3.00 e. The fraction of sp³-hybridized carbons (Fsp3) is 0.444. The first-order valence-electron chi connectivity index (χ1n) is 7.32. The molecular weight excluding hydrogens is 349 g/mol. The molecule has 2 rings (SSSR count). The van der Waals surface area contributed by atoms with Crippen molar-refractivity contribution in [2.75, 3.05) is 6.54 Å². The van der Waals surface area contributed by atoms with Gasteiger partial charge in [-0.05, 0) is 37.0 Å². The molecule has 4 heteroatoms. The monoisotopic (exact) mass is 372 g/mol. The molecular formula is C18H24Cl2NTi. The summed E-state index contributed by atoms with van der Waals surface area (Å²) in [5.41, 5.74) is 7.12. The fourth-order valence-electron chi connectivity index (χ4n) is 2.53. The molecule has 1 nitrogen and oxygen atoms in total. The predicted octanol–water partition coefficient (Wildman–Crippen LogP) is -0.511. The molecule has 0 bridgehead atoms. The number of rotatable bonds is 6. The molecule has 0 fully saturated rings. The summed E-state index contributed by atoms with van der Waals surface area (Å²) in [4.78, 5) is 0. The number of hydrogen-bond acceptors (Lipinski definition) is 0. The maximum absolute atomic E-state index is 4.67. The third-order valence-corrected chi connectivity index (χ3v) is 3.95. The van der Waals surface area contributed by atoms with Gasteiger partial charge in [-0.3, -0.25) is 0 Å². The van der Waals surface area contributed by atoms with E-state index < -0.39 is 0 Å². The molecule has 0 saturated heterocycles. The van der Waals surface area contributed by atoms with E-state index in [2.05, 4.69) is 56.4 Å². The van der Waals surface area contributed by atoms with E-state index in [4.69, 9.17) is 0 Å². The standard InChI is InChI=1S/C18H24N.2ClH.Ti/c1-4-5-12-19-13-16-8-6-7-9-18(16)17-11-10-14(2)15(17)3;;;/h6-10H,4-5,11-13H2,1-3H3;2*1H;/q-1;;;+3/p-2. The Hall–Kier alpha value is -0.0457. The summed E-state index contributed by atoms with van der Waals surface area (Å²) in [7, 11) is 0. The Kier molecular flexibility index (Phi) is 13.6. The van der Waals surface area contributed by atoms with Crippen molar-refractivity contribution in [1.82, 2.24) is 0 Å². The minimum atomic E-state index is 0. The van der Waals surface area contributed by atoms with Crippen LogP contribution in [0.2, 0.25) is 0 Å². The molecule has 22 heavy (non-hydrogen) atoms. The van der Waals surface area contributed by atoms with Gasteiger partial charge in [-0.1, -0.05) is 61.2 Å². The first-order chi connectivity index (χ1) is 9.24. The summed E-state index contributed by atoms with van der Waals surface area (Å²) in [5, 5.41) is 4.67. The molecule has 0 spiro atoms. The molecule has 0 N–H and O–H groups in total. The zero-order valence-electron chi connectivity index (χ0n) is 13.6. The molecule has 1 aliphatic carbocycles. The van der Waals surface area contributed by atoms with E-state index >= 15 is 0 Å². The second kappa shape index (κ2) is 12.4. The van der Waals surface area contributed by atoms with Crippen molar-refractivity contribution in [3.63, 3.8) is 0 Å². The van der Waals surface area contributed by atoms with Gasteiger partial charge in [0.25, 0.3) is 0 Å². The molecule has 1 aromatic rings. The summed E-state index contributed by atoms with van der Waals surface area (Å²) in [6.07, 6.45) is 5.82. The van der Waals surface area contributed by atoms with E-state index in [0.29, 0.717) is 0 Å². The number of unbranched alkanes of at least 4 members (excludes halogenated alkanes) is 1. The zero-order valence-corrected chi connectivity index (χ0v) is 16.7. The Balaban J connectivity index is 0. The Bertz CT molecular complexity index is 510. The first kappa shape index (κ1) is 24.2. The molecule has 1 radical (unpaired) electrons. The average Bonchev–Trinajstić information content (AvgIpc) is 2.76. The summed E-state index contributed by atoms with van der Waals surface area (Å²) in [6.45, 7) is 8.49. The van der Waals surface area contributed by atoms with Gasteiger partial charge in [0.1, 0.15) is 0 Å². The number of allylic oxidation sites excluding steroid dienone is 4. The van der Waals surface area contributed by atoms with Gasteiger partial charge in [0.15, 0.2) is 0 Å². The Morgan fingerprint density at radius 2 is 1.77 bits per heavy atom. The van der Waals surface area contributed by atoms with Crippen LogP contribution in [0.3, 0.4) is 0 Å². The van der Waals surface area contributed by atoms with Crippen LogP contribution < -0.4 is 24.8 Å². The number of nitrogens with zero attached hydrogens (tertiary/aromatic N) is 1. The molecule has 1 aliphatic rings. The Morgan fingerprint density at radius 3 is 2.36 bits per heavy atom. The Labute approximate surface area is 162 Å². The minimum absolute atomic E-state index is 0. The van der Waals surface area contributed by atoms with Crippen molar-refractivity contribution in [3.8, 4) is 0 Å². The van der Waals surface area contributed by atoms with E-state index in [9.17, 15) is 0 Å². The van der Waals surface area contributed by atoms with Gasteiger partial charge in [0, 0.05) is 0 Å². The zero-order chi connectivity index (χ0) is 13.7. The molecule has 0 heterocycles. The van der Waals surface area contributed by atoms with Gasteiger partial charge in [-0.25, -0.2) is 0 Å². The van der Waals surface area contributed by atoms with Crippen LogP contribution in [-0.4, -0.2) is 6.54 Å². The molecule has 0 atom stereocenters. The van der Waals surface area contributed by atoms with Crippen LogP contribution in [-0.2, 0) is 28.3 Å². The number of halogens is 2. The van der Waals surface area contributed by atoms with E-state index in [1.165, 1.54) is 40.7 Å². The average molecular weight is 373 g/mol.